The Morgan fingerprint density at radius 2 is 1.77 bits per heavy atom. The number of halogens is 2. The summed E-state index contributed by atoms with van der Waals surface area (Å²) in [5.41, 5.74) is 6.09. The predicted molar refractivity (Wildman–Crippen MR) is 60.5 cm³/mol. The van der Waals surface area contributed by atoms with Gasteiger partial charge in [0.25, 0.3) is 0 Å². The molecule has 72 valence electrons. The molecule has 0 heterocycles. The molecule has 1 aromatic rings. The standard InChI is InChI=1S/C9H11Br2NO/c1-9(12,5-13)6-2-7(10)4-8(11)3-6/h2-4,13H,5,12H2,1H3. The molecule has 0 bridgehead atoms. The highest BCUT2D eigenvalue weighted by molar-refractivity contribution is 9.11. The fourth-order valence-electron chi connectivity index (χ4n) is 0.975. The highest BCUT2D eigenvalue weighted by Crippen LogP contribution is 2.25. The third-order valence-electron chi connectivity index (χ3n) is 1.85. The van der Waals surface area contributed by atoms with Crippen LogP contribution in [0.15, 0.2) is 27.1 Å². The lowest BCUT2D eigenvalue weighted by Crippen LogP contribution is -2.36. The van der Waals surface area contributed by atoms with E-state index in [0.29, 0.717) is 0 Å². The minimum Gasteiger partial charge on any atom is -0.394 e. The Morgan fingerprint density at radius 3 is 2.15 bits per heavy atom. The van der Waals surface area contributed by atoms with E-state index < -0.39 is 5.54 Å². The Hall–Kier alpha value is 0.1000. The molecular formula is C9H11Br2NO. The molecule has 0 spiro atoms. The van der Waals surface area contributed by atoms with Gasteiger partial charge in [-0.2, -0.15) is 0 Å². The minimum atomic E-state index is -0.688. The maximum Gasteiger partial charge on any atom is 0.0650 e. The summed E-state index contributed by atoms with van der Waals surface area (Å²) in [6, 6.07) is 5.74. The molecule has 1 rings (SSSR count). The average Bonchev–Trinajstić information content (AvgIpc) is 2.02. The van der Waals surface area contributed by atoms with Crippen molar-refractivity contribution in [2.45, 2.75) is 12.5 Å². The first kappa shape index (κ1) is 11.2. The lowest BCUT2D eigenvalue weighted by Gasteiger charge is -2.22. The molecule has 0 saturated heterocycles. The van der Waals surface area contributed by atoms with E-state index in [1.165, 1.54) is 0 Å². The number of nitrogens with two attached hydrogens (primary N) is 1. The first-order chi connectivity index (χ1) is 5.95. The van der Waals surface area contributed by atoms with Crippen LogP contribution >= 0.6 is 31.9 Å². The summed E-state index contributed by atoms with van der Waals surface area (Å²) in [6.45, 7) is 1.72. The molecule has 0 fully saturated rings. The van der Waals surface area contributed by atoms with Crippen LogP contribution in [0, 0.1) is 0 Å². The number of benzene rings is 1. The van der Waals surface area contributed by atoms with Crippen LogP contribution in [0.4, 0.5) is 0 Å². The molecule has 4 heteroatoms. The summed E-state index contributed by atoms with van der Waals surface area (Å²) in [5.74, 6) is 0. The molecule has 0 aliphatic heterocycles. The van der Waals surface area contributed by atoms with Gasteiger partial charge in [0.1, 0.15) is 0 Å². The summed E-state index contributed by atoms with van der Waals surface area (Å²) in [7, 11) is 0. The zero-order chi connectivity index (χ0) is 10.1. The van der Waals surface area contributed by atoms with E-state index >= 15 is 0 Å². The molecule has 1 atom stereocenters. The molecule has 2 nitrogen and oxygen atoms in total. The molecule has 1 unspecified atom stereocenters. The third-order valence-corrected chi connectivity index (χ3v) is 2.77. The minimum absolute atomic E-state index is 0.0735. The van der Waals surface area contributed by atoms with Crippen molar-refractivity contribution in [3.05, 3.63) is 32.7 Å². The lowest BCUT2D eigenvalue weighted by molar-refractivity contribution is 0.210. The van der Waals surface area contributed by atoms with Gasteiger partial charge in [0, 0.05) is 8.95 Å². The van der Waals surface area contributed by atoms with Crippen LogP contribution in [-0.4, -0.2) is 11.7 Å². The van der Waals surface area contributed by atoms with E-state index in [-0.39, 0.29) is 6.61 Å². The van der Waals surface area contributed by atoms with Crippen LogP contribution in [0.25, 0.3) is 0 Å². The van der Waals surface area contributed by atoms with Gasteiger partial charge in [-0.05, 0) is 30.7 Å². The topological polar surface area (TPSA) is 46.2 Å². The summed E-state index contributed by atoms with van der Waals surface area (Å²) in [6.07, 6.45) is 0. The SMILES string of the molecule is CC(N)(CO)c1cc(Br)cc(Br)c1. The van der Waals surface area contributed by atoms with Gasteiger partial charge in [0.2, 0.25) is 0 Å². The van der Waals surface area contributed by atoms with Crippen molar-refractivity contribution < 1.29 is 5.11 Å². The van der Waals surface area contributed by atoms with Crippen LogP contribution in [0.5, 0.6) is 0 Å². The Bertz CT molecular complexity index is 292. The highest BCUT2D eigenvalue weighted by Gasteiger charge is 2.20. The largest absolute Gasteiger partial charge is 0.394 e. The second kappa shape index (κ2) is 4.09. The maximum absolute atomic E-state index is 9.07. The van der Waals surface area contributed by atoms with Gasteiger partial charge >= 0.3 is 0 Å². The zero-order valence-electron chi connectivity index (χ0n) is 7.22. The molecule has 0 radical (unpaired) electrons. The number of aliphatic hydroxyl groups is 1. The quantitative estimate of drug-likeness (QED) is 0.881. The number of hydrogen-bond donors (Lipinski definition) is 2. The fraction of sp³-hybridized carbons (Fsp3) is 0.333. The molecule has 3 N–H and O–H groups in total. The van der Waals surface area contributed by atoms with Gasteiger partial charge < -0.3 is 10.8 Å². The second-order valence-corrected chi connectivity index (χ2v) is 5.07. The van der Waals surface area contributed by atoms with Gasteiger partial charge in [-0.15, -0.1) is 0 Å². The van der Waals surface area contributed by atoms with Gasteiger partial charge in [0.15, 0.2) is 0 Å². The summed E-state index contributed by atoms with van der Waals surface area (Å²) in [4.78, 5) is 0. The van der Waals surface area contributed by atoms with Gasteiger partial charge in [-0.3, -0.25) is 0 Å². The van der Waals surface area contributed by atoms with Crippen LogP contribution < -0.4 is 5.73 Å². The molecule has 0 aromatic heterocycles. The van der Waals surface area contributed by atoms with Crippen molar-refractivity contribution in [3.63, 3.8) is 0 Å². The first-order valence-corrected chi connectivity index (χ1v) is 5.40. The molecule has 13 heavy (non-hydrogen) atoms. The molecule has 0 saturated carbocycles. The smallest absolute Gasteiger partial charge is 0.0650 e. The normalized spacial score (nSPS) is 15.5. The van der Waals surface area contributed by atoms with E-state index in [4.69, 9.17) is 10.8 Å². The van der Waals surface area contributed by atoms with Crippen molar-refractivity contribution in [1.82, 2.24) is 0 Å². The van der Waals surface area contributed by atoms with E-state index in [0.717, 1.165) is 14.5 Å². The van der Waals surface area contributed by atoms with Crippen molar-refractivity contribution in [2.24, 2.45) is 5.73 Å². The third kappa shape index (κ3) is 2.77. The zero-order valence-corrected chi connectivity index (χ0v) is 10.4. The first-order valence-electron chi connectivity index (χ1n) is 3.82. The molecule has 0 amide bonds. The summed E-state index contributed by atoms with van der Waals surface area (Å²) < 4.78 is 1.89. The highest BCUT2D eigenvalue weighted by atomic mass is 79.9. The summed E-state index contributed by atoms with van der Waals surface area (Å²) in [5, 5.41) is 9.07. The molecule has 0 aliphatic rings. The second-order valence-electron chi connectivity index (χ2n) is 3.23. The molecular weight excluding hydrogens is 298 g/mol. The molecule has 0 aliphatic carbocycles. The van der Waals surface area contributed by atoms with Crippen molar-refractivity contribution >= 4 is 31.9 Å². The molecule has 1 aromatic carbocycles. The van der Waals surface area contributed by atoms with Crippen LogP contribution in [0.2, 0.25) is 0 Å². The summed E-state index contributed by atoms with van der Waals surface area (Å²) >= 11 is 6.73. The maximum atomic E-state index is 9.07. The Morgan fingerprint density at radius 1 is 1.31 bits per heavy atom. The number of aliphatic hydroxyl groups excluding tert-OH is 1. The van der Waals surface area contributed by atoms with Crippen LogP contribution in [0.3, 0.4) is 0 Å². The van der Waals surface area contributed by atoms with E-state index in [1.54, 1.807) is 6.92 Å². The Labute approximate surface area is 94.4 Å². The van der Waals surface area contributed by atoms with Gasteiger partial charge in [-0.1, -0.05) is 31.9 Å². The lowest BCUT2D eigenvalue weighted by atomic mass is 9.94. The van der Waals surface area contributed by atoms with E-state index in [9.17, 15) is 0 Å². The number of rotatable bonds is 2. The fourth-order valence-corrected chi connectivity index (χ4v) is 2.27. The van der Waals surface area contributed by atoms with Crippen molar-refractivity contribution in [3.8, 4) is 0 Å². The van der Waals surface area contributed by atoms with Crippen molar-refractivity contribution in [1.29, 1.82) is 0 Å². The predicted octanol–water partition coefficient (Wildman–Crippen LogP) is 2.38. The average molecular weight is 309 g/mol. The van der Waals surface area contributed by atoms with Crippen LogP contribution in [-0.2, 0) is 5.54 Å². The van der Waals surface area contributed by atoms with Crippen LogP contribution in [0.1, 0.15) is 12.5 Å². The van der Waals surface area contributed by atoms with E-state index in [1.807, 2.05) is 18.2 Å². The van der Waals surface area contributed by atoms with Crippen molar-refractivity contribution in [2.75, 3.05) is 6.61 Å². The van der Waals surface area contributed by atoms with Gasteiger partial charge in [-0.25, -0.2) is 0 Å². The number of hydrogen-bond acceptors (Lipinski definition) is 2. The monoisotopic (exact) mass is 307 g/mol. The van der Waals surface area contributed by atoms with E-state index in [2.05, 4.69) is 31.9 Å². The Balaban J connectivity index is 3.15. The van der Waals surface area contributed by atoms with Gasteiger partial charge in [0.05, 0.1) is 12.1 Å². The Kier molecular flexibility index (Phi) is 3.51.